The summed E-state index contributed by atoms with van der Waals surface area (Å²) in [5, 5.41) is 12.8. The van der Waals surface area contributed by atoms with E-state index >= 15 is 0 Å². The highest BCUT2D eigenvalue weighted by Gasteiger charge is 2.49. The van der Waals surface area contributed by atoms with Gasteiger partial charge in [-0.1, -0.05) is 13.8 Å². The second kappa shape index (κ2) is 6.91. The topological polar surface area (TPSA) is 122 Å². The SMILES string of the molecule is CC(=O)OCC1(CO)C/C1=C/n1cnc2c(=O)[nH]c(NCC(C)C)nc21. The molecule has 2 heterocycles. The zero-order chi connectivity index (χ0) is 18.9. The summed E-state index contributed by atoms with van der Waals surface area (Å²) in [5.74, 6) is 0.410. The Balaban J connectivity index is 1.89. The number of hydrogen-bond acceptors (Lipinski definition) is 7. The molecule has 26 heavy (non-hydrogen) atoms. The highest BCUT2D eigenvalue weighted by atomic mass is 16.5. The molecule has 9 heteroatoms. The molecular formula is C17H23N5O4. The van der Waals surface area contributed by atoms with Gasteiger partial charge < -0.3 is 15.2 Å². The molecule has 2 aromatic heterocycles. The number of nitrogens with zero attached hydrogens (tertiary/aromatic N) is 3. The van der Waals surface area contributed by atoms with Gasteiger partial charge in [-0.2, -0.15) is 4.98 Å². The number of carbonyl (C=O) groups excluding carboxylic acids is 1. The van der Waals surface area contributed by atoms with Crippen LogP contribution in [0, 0.1) is 11.3 Å². The van der Waals surface area contributed by atoms with E-state index in [4.69, 9.17) is 4.74 Å². The zero-order valence-corrected chi connectivity index (χ0v) is 15.1. The lowest BCUT2D eigenvalue weighted by Crippen LogP contribution is -2.17. The van der Waals surface area contributed by atoms with Gasteiger partial charge in [0.15, 0.2) is 11.2 Å². The van der Waals surface area contributed by atoms with Crippen molar-refractivity contribution < 1.29 is 14.6 Å². The van der Waals surface area contributed by atoms with Crippen LogP contribution in [0.3, 0.4) is 0 Å². The van der Waals surface area contributed by atoms with E-state index in [1.807, 2.05) is 0 Å². The number of esters is 1. The minimum absolute atomic E-state index is 0.117. The minimum atomic E-state index is -0.553. The van der Waals surface area contributed by atoms with Gasteiger partial charge in [-0.15, -0.1) is 0 Å². The molecule has 0 spiro atoms. The summed E-state index contributed by atoms with van der Waals surface area (Å²) in [6.45, 7) is 6.15. The van der Waals surface area contributed by atoms with Gasteiger partial charge in [-0.25, -0.2) is 4.98 Å². The zero-order valence-electron chi connectivity index (χ0n) is 15.1. The van der Waals surface area contributed by atoms with Gasteiger partial charge in [0.1, 0.15) is 12.9 Å². The predicted octanol–water partition coefficient (Wildman–Crippen LogP) is 0.974. The van der Waals surface area contributed by atoms with E-state index in [0.29, 0.717) is 30.5 Å². The van der Waals surface area contributed by atoms with Crippen molar-refractivity contribution in [3.8, 4) is 0 Å². The first kappa shape index (κ1) is 18.1. The maximum Gasteiger partial charge on any atom is 0.302 e. The van der Waals surface area contributed by atoms with Crippen molar-refractivity contribution in [1.29, 1.82) is 0 Å². The van der Waals surface area contributed by atoms with Crippen LogP contribution in [-0.2, 0) is 9.53 Å². The lowest BCUT2D eigenvalue weighted by Gasteiger charge is -2.10. The van der Waals surface area contributed by atoms with Crippen LogP contribution in [0.2, 0.25) is 0 Å². The lowest BCUT2D eigenvalue weighted by atomic mass is 10.1. The van der Waals surface area contributed by atoms with Crippen LogP contribution >= 0.6 is 0 Å². The maximum atomic E-state index is 12.2. The summed E-state index contributed by atoms with van der Waals surface area (Å²) in [5.41, 5.74) is 0.718. The molecule has 0 aromatic carbocycles. The smallest absolute Gasteiger partial charge is 0.302 e. The van der Waals surface area contributed by atoms with Crippen molar-refractivity contribution in [3.05, 3.63) is 22.3 Å². The van der Waals surface area contributed by atoms with Crippen LogP contribution < -0.4 is 10.9 Å². The minimum Gasteiger partial charge on any atom is -0.465 e. The fraction of sp³-hybridized carbons (Fsp3) is 0.529. The Bertz CT molecular complexity index is 914. The van der Waals surface area contributed by atoms with Gasteiger partial charge in [0.2, 0.25) is 5.95 Å². The van der Waals surface area contributed by atoms with Crippen LogP contribution in [0.25, 0.3) is 17.4 Å². The second-order valence-corrected chi connectivity index (χ2v) is 7.06. The average molecular weight is 361 g/mol. The Morgan fingerprint density at radius 2 is 2.35 bits per heavy atom. The van der Waals surface area contributed by atoms with Crippen LogP contribution in [0.1, 0.15) is 27.2 Å². The number of nitrogens with one attached hydrogen (secondary N) is 2. The Kier molecular flexibility index (Phi) is 4.82. The number of carbonyl (C=O) groups is 1. The molecule has 0 aliphatic heterocycles. The van der Waals surface area contributed by atoms with Gasteiger partial charge in [0.05, 0.1) is 12.0 Å². The van der Waals surface area contributed by atoms with E-state index in [-0.39, 0.29) is 30.3 Å². The van der Waals surface area contributed by atoms with Crippen LogP contribution in [-0.4, -0.2) is 50.4 Å². The molecule has 1 fully saturated rings. The van der Waals surface area contributed by atoms with Gasteiger partial charge >= 0.3 is 5.97 Å². The highest BCUT2D eigenvalue weighted by molar-refractivity contribution is 5.74. The number of aliphatic hydroxyl groups excluding tert-OH is 1. The quantitative estimate of drug-likeness (QED) is 0.628. The monoisotopic (exact) mass is 361 g/mol. The molecule has 140 valence electrons. The third-order valence-corrected chi connectivity index (χ3v) is 4.34. The van der Waals surface area contributed by atoms with Crippen molar-refractivity contribution >= 4 is 29.3 Å². The number of aliphatic hydroxyl groups is 1. The number of imidazole rings is 1. The van der Waals surface area contributed by atoms with Crippen molar-refractivity contribution in [3.63, 3.8) is 0 Å². The van der Waals surface area contributed by atoms with Crippen LogP contribution in [0.15, 0.2) is 16.7 Å². The summed E-state index contributed by atoms with van der Waals surface area (Å²) in [6.07, 6.45) is 3.91. The standard InChI is InChI=1S/C17H23N5O4/c1-10(2)5-18-16-20-14-13(15(25)21-16)19-9-22(14)6-12-4-17(12,7-23)8-26-11(3)24/h6,9-10,23H,4-5,7-8H2,1-3H3,(H2,18,20,21,25)/b12-6-. The van der Waals surface area contributed by atoms with Crippen molar-refractivity contribution in [2.24, 2.45) is 11.3 Å². The Hall–Kier alpha value is -2.68. The van der Waals surface area contributed by atoms with Gasteiger partial charge in [0, 0.05) is 19.7 Å². The molecule has 2 aromatic rings. The fourth-order valence-corrected chi connectivity index (χ4v) is 2.66. The van der Waals surface area contributed by atoms with E-state index in [0.717, 1.165) is 5.57 Å². The molecule has 1 atom stereocenters. The summed E-state index contributed by atoms with van der Waals surface area (Å²) < 4.78 is 6.70. The van der Waals surface area contributed by atoms with Crippen LogP contribution in [0.4, 0.5) is 5.95 Å². The Labute approximate surface area is 150 Å². The van der Waals surface area contributed by atoms with Gasteiger partial charge in [-0.3, -0.25) is 19.1 Å². The number of fused-ring (bicyclic) bond motifs is 1. The number of anilines is 1. The third-order valence-electron chi connectivity index (χ3n) is 4.34. The first-order valence-electron chi connectivity index (χ1n) is 8.51. The number of aromatic amines is 1. The fourth-order valence-electron chi connectivity index (χ4n) is 2.66. The molecule has 1 aliphatic rings. The first-order valence-corrected chi connectivity index (χ1v) is 8.51. The third kappa shape index (κ3) is 3.62. The molecule has 1 aliphatic carbocycles. The summed E-state index contributed by atoms with van der Waals surface area (Å²) in [7, 11) is 0. The normalized spacial score (nSPS) is 20.7. The van der Waals surface area contributed by atoms with E-state index in [2.05, 4.69) is 34.1 Å². The Morgan fingerprint density at radius 3 is 3.00 bits per heavy atom. The molecule has 0 amide bonds. The summed E-state index contributed by atoms with van der Waals surface area (Å²) in [4.78, 5) is 34.4. The summed E-state index contributed by atoms with van der Waals surface area (Å²) >= 11 is 0. The molecule has 1 saturated carbocycles. The number of rotatable bonds is 7. The second-order valence-electron chi connectivity index (χ2n) is 7.06. The summed E-state index contributed by atoms with van der Waals surface area (Å²) in [6, 6.07) is 0. The molecule has 3 N–H and O–H groups in total. The number of hydrogen-bond donors (Lipinski definition) is 3. The van der Waals surface area contributed by atoms with Gasteiger partial charge in [0.25, 0.3) is 5.56 Å². The molecular weight excluding hydrogens is 338 g/mol. The van der Waals surface area contributed by atoms with Crippen molar-refractivity contribution in [2.45, 2.75) is 27.2 Å². The highest BCUT2D eigenvalue weighted by Crippen LogP contribution is 2.52. The Morgan fingerprint density at radius 1 is 1.58 bits per heavy atom. The maximum absolute atomic E-state index is 12.2. The predicted molar refractivity (Wildman–Crippen MR) is 96.5 cm³/mol. The molecule has 0 radical (unpaired) electrons. The van der Waals surface area contributed by atoms with Gasteiger partial charge in [-0.05, 0) is 17.9 Å². The largest absolute Gasteiger partial charge is 0.465 e. The lowest BCUT2D eigenvalue weighted by molar-refractivity contribution is -0.143. The van der Waals surface area contributed by atoms with E-state index in [1.54, 1.807) is 10.8 Å². The average Bonchev–Trinajstić information content (AvgIpc) is 3.13. The van der Waals surface area contributed by atoms with Crippen molar-refractivity contribution in [2.75, 3.05) is 25.1 Å². The molecule has 3 rings (SSSR count). The van der Waals surface area contributed by atoms with Crippen LogP contribution in [0.5, 0.6) is 0 Å². The number of ether oxygens (including phenoxy) is 1. The van der Waals surface area contributed by atoms with E-state index < -0.39 is 5.41 Å². The van der Waals surface area contributed by atoms with E-state index in [9.17, 15) is 14.7 Å². The molecule has 1 unspecified atom stereocenters. The number of H-pyrrole nitrogens is 1. The number of aromatic nitrogens is 4. The first-order chi connectivity index (χ1) is 12.3. The molecule has 0 saturated heterocycles. The molecule has 0 bridgehead atoms. The van der Waals surface area contributed by atoms with Crippen molar-refractivity contribution in [1.82, 2.24) is 19.5 Å². The van der Waals surface area contributed by atoms with E-state index in [1.165, 1.54) is 13.3 Å². The molecule has 9 nitrogen and oxygen atoms in total.